The van der Waals surface area contributed by atoms with Crippen molar-refractivity contribution < 1.29 is 9.13 Å². The van der Waals surface area contributed by atoms with Gasteiger partial charge in [0.25, 0.3) is 0 Å². The van der Waals surface area contributed by atoms with Crippen LogP contribution in [0, 0.1) is 5.82 Å². The van der Waals surface area contributed by atoms with Gasteiger partial charge in [-0.3, -0.25) is 0 Å². The van der Waals surface area contributed by atoms with Gasteiger partial charge in [-0.2, -0.15) is 0 Å². The van der Waals surface area contributed by atoms with Crippen LogP contribution < -0.4 is 10.1 Å². The SMILES string of the molecule is Fc1cccc(Cl)c1COc1ccc(Br)cc1CNc1ccc(Cl)cc1Cl. The Labute approximate surface area is 180 Å². The van der Waals surface area contributed by atoms with Crippen LogP contribution in [0.3, 0.4) is 0 Å². The van der Waals surface area contributed by atoms with E-state index in [4.69, 9.17) is 39.5 Å². The smallest absolute Gasteiger partial charge is 0.131 e. The minimum Gasteiger partial charge on any atom is -0.488 e. The van der Waals surface area contributed by atoms with Crippen LogP contribution in [0.5, 0.6) is 5.75 Å². The van der Waals surface area contributed by atoms with Crippen LogP contribution in [0.1, 0.15) is 11.1 Å². The molecular weight excluding hydrogens is 475 g/mol. The fourth-order valence-corrected chi connectivity index (χ4v) is 3.57. The third kappa shape index (κ3) is 5.29. The Bertz CT molecular complexity index is 948. The summed E-state index contributed by atoms with van der Waals surface area (Å²) in [5, 5.41) is 4.68. The van der Waals surface area contributed by atoms with E-state index in [-0.39, 0.29) is 6.61 Å². The number of rotatable bonds is 6. The molecule has 0 spiro atoms. The summed E-state index contributed by atoms with van der Waals surface area (Å²) < 4.78 is 20.7. The van der Waals surface area contributed by atoms with Crippen LogP contribution >= 0.6 is 50.7 Å². The van der Waals surface area contributed by atoms with Gasteiger partial charge in [0.05, 0.1) is 15.7 Å². The average Bonchev–Trinajstić information content (AvgIpc) is 2.62. The summed E-state index contributed by atoms with van der Waals surface area (Å²) in [6, 6.07) is 15.4. The molecule has 0 aromatic heterocycles. The Kier molecular flexibility index (Phi) is 6.88. The number of nitrogens with one attached hydrogen (secondary N) is 1. The molecule has 1 N–H and O–H groups in total. The fraction of sp³-hybridized carbons (Fsp3) is 0.100. The molecule has 140 valence electrons. The van der Waals surface area contributed by atoms with Crippen LogP contribution in [0.15, 0.2) is 59.1 Å². The molecule has 0 saturated heterocycles. The molecule has 0 saturated carbocycles. The topological polar surface area (TPSA) is 21.3 Å². The highest BCUT2D eigenvalue weighted by molar-refractivity contribution is 9.10. The van der Waals surface area contributed by atoms with E-state index in [1.165, 1.54) is 6.07 Å². The molecule has 0 aliphatic carbocycles. The summed E-state index contributed by atoms with van der Waals surface area (Å²) in [4.78, 5) is 0. The molecule has 0 amide bonds. The lowest BCUT2D eigenvalue weighted by Gasteiger charge is -2.15. The molecule has 0 atom stereocenters. The van der Waals surface area contributed by atoms with Gasteiger partial charge in [0.2, 0.25) is 0 Å². The molecule has 0 unspecified atom stereocenters. The molecule has 7 heteroatoms. The van der Waals surface area contributed by atoms with Gasteiger partial charge in [-0.05, 0) is 48.5 Å². The van der Waals surface area contributed by atoms with E-state index in [0.29, 0.717) is 32.9 Å². The molecule has 0 aliphatic rings. The summed E-state index contributed by atoms with van der Waals surface area (Å²) in [5.41, 5.74) is 1.95. The van der Waals surface area contributed by atoms with Gasteiger partial charge >= 0.3 is 0 Å². The van der Waals surface area contributed by atoms with E-state index in [1.807, 2.05) is 24.3 Å². The second kappa shape index (κ2) is 9.16. The predicted octanol–water partition coefficient (Wildman–Crippen LogP) is 7.74. The minimum absolute atomic E-state index is 0.0296. The highest BCUT2D eigenvalue weighted by Gasteiger charge is 2.11. The van der Waals surface area contributed by atoms with Gasteiger partial charge < -0.3 is 10.1 Å². The summed E-state index contributed by atoms with van der Waals surface area (Å²) in [7, 11) is 0. The van der Waals surface area contributed by atoms with Crippen molar-refractivity contribution in [3.63, 3.8) is 0 Å². The van der Waals surface area contributed by atoms with Crippen LogP contribution in [0.25, 0.3) is 0 Å². The van der Waals surface area contributed by atoms with Gasteiger partial charge in [0.1, 0.15) is 18.2 Å². The Morgan fingerprint density at radius 1 is 0.963 bits per heavy atom. The van der Waals surface area contributed by atoms with Gasteiger partial charge in [-0.1, -0.05) is 56.8 Å². The van der Waals surface area contributed by atoms with Crippen molar-refractivity contribution in [2.75, 3.05) is 5.32 Å². The van der Waals surface area contributed by atoms with Crippen molar-refractivity contribution in [1.82, 2.24) is 0 Å². The molecule has 27 heavy (non-hydrogen) atoms. The van der Waals surface area contributed by atoms with Gasteiger partial charge in [-0.15, -0.1) is 0 Å². The minimum atomic E-state index is -0.396. The maximum absolute atomic E-state index is 14.0. The largest absolute Gasteiger partial charge is 0.488 e. The second-order valence-electron chi connectivity index (χ2n) is 5.72. The number of anilines is 1. The van der Waals surface area contributed by atoms with Crippen LogP contribution in [-0.2, 0) is 13.2 Å². The molecule has 0 aliphatic heterocycles. The van der Waals surface area contributed by atoms with Crippen molar-refractivity contribution in [2.45, 2.75) is 13.2 Å². The standard InChI is InChI=1S/C20H14BrCl3FNO/c21-13-4-7-20(27-11-15-16(23)2-1-3-18(15)25)12(8-13)10-26-19-6-5-14(22)9-17(19)24/h1-9,26H,10-11H2. The van der Waals surface area contributed by atoms with Crippen LogP contribution in [0.2, 0.25) is 15.1 Å². The Morgan fingerprint density at radius 2 is 1.78 bits per heavy atom. The highest BCUT2D eigenvalue weighted by Crippen LogP contribution is 2.29. The number of hydrogen-bond acceptors (Lipinski definition) is 2. The predicted molar refractivity (Wildman–Crippen MR) is 114 cm³/mol. The summed E-state index contributed by atoms with van der Waals surface area (Å²) in [6.45, 7) is 0.489. The van der Waals surface area contributed by atoms with Crippen molar-refractivity contribution >= 4 is 56.4 Å². The molecular formula is C20H14BrCl3FNO. The lowest BCUT2D eigenvalue weighted by molar-refractivity contribution is 0.297. The first kappa shape index (κ1) is 20.3. The first-order chi connectivity index (χ1) is 12.9. The average molecular weight is 490 g/mol. The van der Waals surface area contributed by atoms with Crippen LogP contribution in [0.4, 0.5) is 10.1 Å². The zero-order valence-electron chi connectivity index (χ0n) is 13.9. The quantitative estimate of drug-likeness (QED) is 0.382. The number of halogens is 5. The molecule has 3 aromatic carbocycles. The van der Waals surface area contributed by atoms with E-state index in [9.17, 15) is 4.39 Å². The molecule has 0 radical (unpaired) electrons. The Balaban J connectivity index is 1.77. The fourth-order valence-electron chi connectivity index (χ4n) is 2.47. The summed E-state index contributed by atoms with van der Waals surface area (Å²) in [6.07, 6.45) is 0. The summed E-state index contributed by atoms with van der Waals surface area (Å²) in [5.74, 6) is 0.224. The highest BCUT2D eigenvalue weighted by atomic mass is 79.9. The van der Waals surface area contributed by atoms with E-state index in [2.05, 4.69) is 21.2 Å². The normalized spacial score (nSPS) is 10.7. The third-order valence-electron chi connectivity index (χ3n) is 3.86. The van der Waals surface area contributed by atoms with E-state index >= 15 is 0 Å². The van der Waals surface area contributed by atoms with E-state index < -0.39 is 5.82 Å². The molecule has 3 rings (SSSR count). The van der Waals surface area contributed by atoms with Crippen molar-refractivity contribution in [3.05, 3.63) is 91.1 Å². The van der Waals surface area contributed by atoms with Crippen LogP contribution in [-0.4, -0.2) is 0 Å². The zero-order valence-corrected chi connectivity index (χ0v) is 17.8. The lowest BCUT2D eigenvalue weighted by Crippen LogP contribution is -2.05. The zero-order chi connectivity index (χ0) is 19.4. The summed E-state index contributed by atoms with van der Waals surface area (Å²) >= 11 is 21.6. The second-order valence-corrected chi connectivity index (χ2v) is 7.89. The van der Waals surface area contributed by atoms with Crippen molar-refractivity contribution in [2.24, 2.45) is 0 Å². The molecule has 0 fully saturated rings. The maximum Gasteiger partial charge on any atom is 0.131 e. The monoisotopic (exact) mass is 487 g/mol. The van der Waals surface area contributed by atoms with Gasteiger partial charge in [0.15, 0.2) is 0 Å². The molecule has 2 nitrogen and oxygen atoms in total. The Morgan fingerprint density at radius 3 is 2.52 bits per heavy atom. The number of hydrogen-bond donors (Lipinski definition) is 1. The Hall–Kier alpha value is -1.46. The molecule has 3 aromatic rings. The van der Waals surface area contributed by atoms with Crippen molar-refractivity contribution in [3.8, 4) is 5.75 Å². The van der Waals surface area contributed by atoms with Crippen molar-refractivity contribution in [1.29, 1.82) is 0 Å². The van der Waals surface area contributed by atoms with E-state index in [1.54, 1.807) is 24.3 Å². The lowest BCUT2D eigenvalue weighted by atomic mass is 10.2. The first-order valence-electron chi connectivity index (χ1n) is 7.97. The molecule has 0 bridgehead atoms. The molecule has 0 heterocycles. The third-order valence-corrected chi connectivity index (χ3v) is 5.25. The van der Waals surface area contributed by atoms with Gasteiger partial charge in [0, 0.05) is 27.2 Å². The van der Waals surface area contributed by atoms with E-state index in [0.717, 1.165) is 15.7 Å². The number of ether oxygens (including phenoxy) is 1. The first-order valence-corrected chi connectivity index (χ1v) is 9.90. The van der Waals surface area contributed by atoms with Gasteiger partial charge in [-0.25, -0.2) is 4.39 Å². The number of benzene rings is 3. The maximum atomic E-state index is 14.0.